The average Bonchev–Trinajstić information content (AvgIpc) is 3.46. The predicted octanol–water partition coefficient (Wildman–Crippen LogP) is 5.40. The van der Waals surface area contributed by atoms with E-state index in [1.165, 1.54) is 25.5 Å². The number of carbonyl (C=O) groups excluding carboxylic acids is 1. The number of carbonyl (C=O) groups is 1. The highest BCUT2D eigenvalue weighted by atomic mass is 35.5. The van der Waals surface area contributed by atoms with Gasteiger partial charge in [0.25, 0.3) is 0 Å². The summed E-state index contributed by atoms with van der Waals surface area (Å²) in [6.07, 6.45) is 1.37. The first kappa shape index (κ1) is 24.0. The van der Waals surface area contributed by atoms with Crippen molar-refractivity contribution < 1.29 is 23.8 Å². The summed E-state index contributed by atoms with van der Waals surface area (Å²) in [6, 6.07) is 18.2. The third kappa shape index (κ3) is 5.50. The van der Waals surface area contributed by atoms with Gasteiger partial charge in [0, 0.05) is 17.1 Å². The Morgan fingerprint density at radius 3 is 2.51 bits per heavy atom. The number of halogens is 1. The van der Waals surface area contributed by atoms with E-state index < -0.39 is 5.91 Å². The number of hydrogen-bond donors (Lipinski definition) is 2. The van der Waals surface area contributed by atoms with Crippen LogP contribution in [0, 0.1) is 13.8 Å². The Hall–Kier alpha value is -4.17. The molecule has 2 heterocycles. The van der Waals surface area contributed by atoms with Crippen LogP contribution in [0.1, 0.15) is 33.3 Å². The van der Waals surface area contributed by atoms with Crippen LogP contribution in [-0.2, 0) is 6.61 Å². The zero-order valence-electron chi connectivity index (χ0n) is 19.4. The topological polar surface area (TPSA) is 98.2 Å². The van der Waals surface area contributed by atoms with Crippen LogP contribution in [0.3, 0.4) is 0 Å². The van der Waals surface area contributed by atoms with Crippen LogP contribution < -0.4 is 14.9 Å². The molecule has 35 heavy (non-hydrogen) atoms. The number of rotatable bonds is 8. The molecule has 8 nitrogen and oxygen atoms in total. The number of ether oxygens (including phenoxy) is 2. The summed E-state index contributed by atoms with van der Waals surface area (Å²) in [6.45, 7) is 4.30. The molecule has 180 valence electrons. The second-order valence-corrected chi connectivity index (χ2v) is 8.16. The molecule has 2 N–H and O–H groups in total. The maximum Gasteiger partial charge on any atom is 0.307 e. The molecule has 0 saturated heterocycles. The van der Waals surface area contributed by atoms with Crippen molar-refractivity contribution in [3.05, 3.63) is 94.2 Å². The van der Waals surface area contributed by atoms with E-state index in [0.717, 1.165) is 17.1 Å². The van der Waals surface area contributed by atoms with Crippen LogP contribution in [0.2, 0.25) is 5.02 Å². The van der Waals surface area contributed by atoms with Gasteiger partial charge in [0.15, 0.2) is 17.3 Å². The molecule has 2 aromatic carbocycles. The number of nitrogens with zero attached hydrogens (tertiary/aromatic N) is 2. The zero-order chi connectivity index (χ0) is 24.9. The normalized spacial score (nSPS) is 11.1. The van der Waals surface area contributed by atoms with E-state index in [4.69, 9.17) is 25.5 Å². The van der Waals surface area contributed by atoms with Gasteiger partial charge in [-0.25, -0.2) is 5.43 Å². The van der Waals surface area contributed by atoms with Crippen LogP contribution in [0.5, 0.6) is 17.2 Å². The molecule has 4 rings (SSSR count). The monoisotopic (exact) mass is 493 g/mol. The summed E-state index contributed by atoms with van der Waals surface area (Å²) >= 11 is 5.95. The Balaban J connectivity index is 1.32. The minimum Gasteiger partial charge on any atom is -0.503 e. The van der Waals surface area contributed by atoms with E-state index >= 15 is 0 Å². The third-order valence-electron chi connectivity index (χ3n) is 5.28. The van der Waals surface area contributed by atoms with Crippen molar-refractivity contribution in [2.45, 2.75) is 20.5 Å². The molecule has 0 aliphatic carbocycles. The summed E-state index contributed by atoms with van der Waals surface area (Å²) in [5.41, 5.74) is 6.30. The van der Waals surface area contributed by atoms with Crippen LogP contribution in [-0.4, -0.2) is 28.9 Å². The summed E-state index contributed by atoms with van der Waals surface area (Å²) in [5.74, 6) is 0.789. The Morgan fingerprint density at radius 2 is 1.83 bits per heavy atom. The van der Waals surface area contributed by atoms with E-state index in [1.807, 2.05) is 24.3 Å². The molecule has 0 radical (unpaired) electrons. The summed E-state index contributed by atoms with van der Waals surface area (Å²) in [4.78, 5) is 12.3. The number of benzene rings is 2. The number of nitrogens with one attached hydrogen (secondary N) is 1. The average molecular weight is 494 g/mol. The fourth-order valence-corrected chi connectivity index (χ4v) is 3.76. The minimum atomic E-state index is -0.522. The molecule has 0 bridgehead atoms. The summed E-state index contributed by atoms with van der Waals surface area (Å²) < 4.78 is 18.6. The minimum absolute atomic E-state index is 0.0935. The molecule has 0 fully saturated rings. The van der Waals surface area contributed by atoms with Gasteiger partial charge in [0.05, 0.1) is 18.3 Å². The standard InChI is InChI=1S/C26H24ClN3O5/c1-16-4-5-17(2)30(16)19-6-8-20(9-7-19)34-15-21-10-11-23(35-21)26(32)29-28-14-18-12-22(27)25(31)24(13-18)33-3/h4-14,31H,15H2,1-3H3,(H,29,32). The molecule has 1 amide bonds. The van der Waals surface area contributed by atoms with Gasteiger partial charge in [0.2, 0.25) is 0 Å². The Labute approximate surface area is 207 Å². The lowest BCUT2D eigenvalue weighted by molar-refractivity contribution is 0.0923. The molecule has 0 aliphatic heterocycles. The molecule has 0 spiro atoms. The maximum atomic E-state index is 12.3. The van der Waals surface area contributed by atoms with Gasteiger partial charge in [-0.3, -0.25) is 4.79 Å². The number of aryl methyl sites for hydroxylation is 2. The van der Waals surface area contributed by atoms with E-state index in [1.54, 1.807) is 12.1 Å². The smallest absolute Gasteiger partial charge is 0.307 e. The fraction of sp³-hybridized carbons (Fsp3) is 0.154. The molecule has 2 aromatic heterocycles. The van der Waals surface area contributed by atoms with Gasteiger partial charge in [-0.05, 0) is 80.1 Å². The number of furan rings is 1. The van der Waals surface area contributed by atoms with Crippen molar-refractivity contribution in [1.29, 1.82) is 0 Å². The highest BCUT2D eigenvalue weighted by Crippen LogP contribution is 2.34. The first-order valence-corrected chi connectivity index (χ1v) is 11.1. The van der Waals surface area contributed by atoms with Gasteiger partial charge < -0.3 is 23.6 Å². The van der Waals surface area contributed by atoms with Crippen LogP contribution in [0.4, 0.5) is 0 Å². The van der Waals surface area contributed by atoms with Gasteiger partial charge in [-0.15, -0.1) is 0 Å². The van der Waals surface area contributed by atoms with Crippen molar-refractivity contribution in [2.75, 3.05) is 7.11 Å². The Morgan fingerprint density at radius 1 is 1.11 bits per heavy atom. The summed E-state index contributed by atoms with van der Waals surface area (Å²) in [5, 5.41) is 13.8. The second-order valence-electron chi connectivity index (χ2n) is 7.75. The van der Waals surface area contributed by atoms with Crippen molar-refractivity contribution >= 4 is 23.7 Å². The number of phenolic OH excluding ortho intramolecular Hbond substituents is 1. The number of methoxy groups -OCH3 is 1. The fourth-order valence-electron chi connectivity index (χ4n) is 3.54. The van der Waals surface area contributed by atoms with Crippen LogP contribution in [0.15, 0.2) is 70.2 Å². The van der Waals surface area contributed by atoms with Crippen LogP contribution in [0.25, 0.3) is 5.69 Å². The van der Waals surface area contributed by atoms with Crippen molar-refractivity contribution in [2.24, 2.45) is 5.10 Å². The van der Waals surface area contributed by atoms with Crippen LogP contribution >= 0.6 is 11.6 Å². The largest absolute Gasteiger partial charge is 0.503 e. The first-order valence-electron chi connectivity index (χ1n) is 10.7. The number of hydrogen-bond acceptors (Lipinski definition) is 6. The molecular formula is C26H24ClN3O5. The zero-order valence-corrected chi connectivity index (χ0v) is 20.2. The lowest BCUT2D eigenvalue weighted by Crippen LogP contribution is -2.16. The number of phenols is 1. The number of amides is 1. The van der Waals surface area contributed by atoms with Crippen molar-refractivity contribution in [3.8, 4) is 22.9 Å². The highest BCUT2D eigenvalue weighted by molar-refractivity contribution is 6.32. The lowest BCUT2D eigenvalue weighted by Gasteiger charge is -2.10. The third-order valence-corrected chi connectivity index (χ3v) is 5.57. The van der Waals surface area contributed by atoms with Gasteiger partial charge in [0.1, 0.15) is 18.1 Å². The van der Waals surface area contributed by atoms with Gasteiger partial charge in [-0.2, -0.15) is 5.10 Å². The van der Waals surface area contributed by atoms with E-state index in [0.29, 0.717) is 17.1 Å². The quantitative estimate of drug-likeness (QED) is 0.253. The van der Waals surface area contributed by atoms with E-state index in [-0.39, 0.29) is 28.9 Å². The first-order chi connectivity index (χ1) is 16.9. The summed E-state index contributed by atoms with van der Waals surface area (Å²) in [7, 11) is 1.41. The van der Waals surface area contributed by atoms with E-state index in [2.05, 4.69) is 41.1 Å². The lowest BCUT2D eigenvalue weighted by atomic mass is 10.2. The SMILES string of the molecule is COc1cc(C=NNC(=O)c2ccc(COc3ccc(-n4c(C)ccc4C)cc3)o2)cc(Cl)c1O. The Kier molecular flexibility index (Phi) is 7.12. The number of aromatic hydroxyl groups is 1. The predicted molar refractivity (Wildman–Crippen MR) is 133 cm³/mol. The molecule has 9 heteroatoms. The van der Waals surface area contributed by atoms with Gasteiger partial charge in [-0.1, -0.05) is 11.6 Å². The molecular weight excluding hydrogens is 470 g/mol. The van der Waals surface area contributed by atoms with Crippen molar-refractivity contribution in [3.63, 3.8) is 0 Å². The van der Waals surface area contributed by atoms with E-state index in [9.17, 15) is 9.90 Å². The highest BCUT2D eigenvalue weighted by Gasteiger charge is 2.12. The Bertz CT molecular complexity index is 1350. The molecule has 0 aliphatic rings. The molecule has 4 aromatic rings. The number of hydrazone groups is 1. The number of aromatic nitrogens is 1. The van der Waals surface area contributed by atoms with Crippen molar-refractivity contribution in [1.82, 2.24) is 9.99 Å². The molecule has 0 atom stereocenters. The second kappa shape index (κ2) is 10.4. The molecule has 0 saturated carbocycles. The molecule has 0 unspecified atom stereocenters. The van der Waals surface area contributed by atoms with Gasteiger partial charge >= 0.3 is 5.91 Å². The maximum absolute atomic E-state index is 12.3.